The Balaban J connectivity index is 1.48. The van der Waals surface area contributed by atoms with Gasteiger partial charge in [-0.05, 0) is 70.4 Å². The van der Waals surface area contributed by atoms with Crippen molar-refractivity contribution in [1.82, 2.24) is 14.8 Å². The fraction of sp³-hybridized carbons (Fsp3) is 0.312. The first kappa shape index (κ1) is 29.7. The molecule has 0 saturated heterocycles. The predicted molar refractivity (Wildman–Crippen MR) is 162 cm³/mol. The molecule has 0 saturated carbocycles. The number of carbonyl (C=O) groups excluding carboxylic acids is 1. The van der Waals surface area contributed by atoms with Gasteiger partial charge in [-0.3, -0.25) is 14.4 Å². The lowest BCUT2D eigenvalue weighted by atomic mass is 9.96. The highest BCUT2D eigenvalue weighted by Crippen LogP contribution is 2.39. The number of carbonyl (C=O) groups is 2. The maximum absolute atomic E-state index is 12.1. The van der Waals surface area contributed by atoms with Gasteiger partial charge >= 0.3 is 11.9 Å². The van der Waals surface area contributed by atoms with Gasteiger partial charge in [-0.15, -0.1) is 21.5 Å². The van der Waals surface area contributed by atoms with Crippen LogP contribution in [0.15, 0.2) is 47.5 Å². The van der Waals surface area contributed by atoms with Crippen LogP contribution in [0.1, 0.15) is 72.0 Å². The molecule has 0 amide bonds. The molecule has 0 unspecified atom stereocenters. The summed E-state index contributed by atoms with van der Waals surface area (Å²) in [6.07, 6.45) is -0.216. The molecule has 1 atom stereocenters. The normalized spacial score (nSPS) is 14.2. The largest absolute Gasteiger partial charge is 0.481 e. The molecule has 0 bridgehead atoms. The van der Waals surface area contributed by atoms with E-state index in [1.165, 1.54) is 0 Å². The summed E-state index contributed by atoms with van der Waals surface area (Å²) in [4.78, 5) is 30.0. The smallest absolute Gasteiger partial charge is 0.344 e. The van der Waals surface area contributed by atoms with E-state index in [4.69, 9.17) is 14.5 Å². The molecule has 0 radical (unpaired) electrons. The number of nitrogens with zero attached hydrogens (tertiary/aromatic N) is 5. The van der Waals surface area contributed by atoms with E-state index in [0.717, 1.165) is 37.7 Å². The lowest BCUT2D eigenvalue weighted by Crippen LogP contribution is -2.27. The Morgan fingerprint density at radius 2 is 1.72 bits per heavy atom. The lowest BCUT2D eigenvalue weighted by Gasteiger charge is -2.19. The van der Waals surface area contributed by atoms with E-state index in [1.54, 1.807) is 44.2 Å². The number of aromatic nitrogens is 3. The number of aryl methyl sites for hydroxylation is 2. The lowest BCUT2D eigenvalue weighted by molar-refractivity contribution is -0.157. The Bertz CT molecular complexity index is 1810. The fourth-order valence-corrected chi connectivity index (χ4v) is 6.16. The van der Waals surface area contributed by atoms with Crippen molar-refractivity contribution in [1.29, 1.82) is 5.26 Å². The summed E-state index contributed by atoms with van der Waals surface area (Å²) in [5, 5.41) is 28.9. The van der Waals surface area contributed by atoms with Crippen molar-refractivity contribution < 1.29 is 24.2 Å². The Morgan fingerprint density at radius 1 is 1.05 bits per heavy atom. The summed E-state index contributed by atoms with van der Waals surface area (Å²) >= 11 is 1.61. The van der Waals surface area contributed by atoms with Crippen molar-refractivity contribution in [3.05, 3.63) is 81.2 Å². The maximum atomic E-state index is 12.1. The molecule has 220 valence electrons. The first-order chi connectivity index (χ1) is 20.4. The van der Waals surface area contributed by atoms with Gasteiger partial charge in [-0.25, -0.2) is 4.79 Å². The highest BCUT2D eigenvalue weighted by atomic mass is 32.1. The van der Waals surface area contributed by atoms with Gasteiger partial charge in [0.05, 0.1) is 17.7 Å². The van der Waals surface area contributed by atoms with Crippen molar-refractivity contribution >= 4 is 29.0 Å². The quantitative estimate of drug-likeness (QED) is 0.261. The van der Waals surface area contributed by atoms with E-state index < -0.39 is 23.6 Å². The number of ether oxygens (including phenoxy) is 2. The molecule has 11 heteroatoms. The van der Waals surface area contributed by atoms with Gasteiger partial charge in [-0.2, -0.15) is 5.26 Å². The molecule has 1 aliphatic rings. The van der Waals surface area contributed by atoms with Crippen molar-refractivity contribution in [3.63, 3.8) is 0 Å². The fourth-order valence-electron chi connectivity index (χ4n) is 4.94. The number of nitriles is 1. The number of thiophene rings is 1. The zero-order valence-corrected chi connectivity index (χ0v) is 25.6. The molecular formula is C32H31N5O5S. The molecule has 0 aliphatic carbocycles. The van der Waals surface area contributed by atoms with Crippen LogP contribution < -0.4 is 4.74 Å². The number of hydrogen-bond acceptors (Lipinski definition) is 9. The second-order valence-electron chi connectivity index (χ2n) is 11.3. The Morgan fingerprint density at radius 3 is 2.37 bits per heavy atom. The molecule has 2 aromatic carbocycles. The number of aliphatic carboxylic acids is 1. The van der Waals surface area contributed by atoms with Crippen LogP contribution in [0.25, 0.3) is 16.1 Å². The number of carboxylic acids is 1. The topological polar surface area (TPSA) is 140 Å². The van der Waals surface area contributed by atoms with Crippen LogP contribution >= 0.6 is 11.3 Å². The van der Waals surface area contributed by atoms with Gasteiger partial charge < -0.3 is 14.6 Å². The van der Waals surface area contributed by atoms with Gasteiger partial charge in [0.25, 0.3) is 0 Å². The second-order valence-corrected chi connectivity index (χ2v) is 12.5. The minimum atomic E-state index is -0.972. The molecule has 1 N–H and O–H groups in total. The number of rotatable bonds is 7. The molecule has 0 spiro atoms. The molecule has 1 aliphatic heterocycles. The second kappa shape index (κ2) is 11.5. The maximum Gasteiger partial charge on any atom is 0.344 e. The van der Waals surface area contributed by atoms with Crippen LogP contribution in [0, 0.1) is 32.1 Å². The van der Waals surface area contributed by atoms with Gasteiger partial charge in [-0.1, -0.05) is 30.3 Å². The van der Waals surface area contributed by atoms with Crippen molar-refractivity contribution in [3.8, 4) is 27.9 Å². The monoisotopic (exact) mass is 597 g/mol. The van der Waals surface area contributed by atoms with E-state index >= 15 is 0 Å². The molecule has 4 aromatic rings. The highest BCUT2D eigenvalue weighted by Gasteiger charge is 2.32. The molecule has 5 rings (SSSR count). The minimum Gasteiger partial charge on any atom is -0.481 e. The number of esters is 1. The first-order valence-electron chi connectivity index (χ1n) is 13.7. The van der Waals surface area contributed by atoms with E-state index in [0.29, 0.717) is 28.7 Å². The van der Waals surface area contributed by atoms with Crippen molar-refractivity contribution in [2.24, 2.45) is 4.99 Å². The zero-order chi connectivity index (χ0) is 31.1. The number of carboxylic acid groups (broad SMARTS) is 1. The zero-order valence-electron chi connectivity index (χ0n) is 24.8. The standard InChI is InChI=1S/C32H31N5O5S/c1-17-18(2)43-31-28(17)29(34-24(14-26(38)39)30-36-35-19(3)37(30)31)21-9-7-20(8-10-21)22-11-12-25(23(13-22)15-33)41-16-27(40)42-32(4,5)6/h7-13,24H,14,16H2,1-6H3,(H,38,39)/t24-/m0/s1. The molecule has 10 nitrogen and oxygen atoms in total. The van der Waals surface area contributed by atoms with E-state index in [1.807, 2.05) is 48.7 Å². The van der Waals surface area contributed by atoms with Crippen molar-refractivity contribution in [2.45, 2.75) is 59.6 Å². The number of hydrogen-bond donors (Lipinski definition) is 1. The number of aliphatic imine (C=N–C) groups is 1. The SMILES string of the molecule is Cc1sc2c(c1C)C(c1ccc(-c3ccc(OCC(=O)OC(C)(C)C)c(C#N)c3)cc1)=N[C@@H](CC(=O)O)c1nnc(C)n1-2. The summed E-state index contributed by atoms with van der Waals surface area (Å²) in [7, 11) is 0. The third-order valence-corrected chi connectivity index (χ3v) is 8.16. The van der Waals surface area contributed by atoms with Crippen LogP contribution in [0.2, 0.25) is 0 Å². The van der Waals surface area contributed by atoms with Gasteiger partial charge in [0.2, 0.25) is 0 Å². The van der Waals surface area contributed by atoms with Crippen molar-refractivity contribution in [2.75, 3.05) is 6.61 Å². The average molecular weight is 598 g/mol. The van der Waals surface area contributed by atoms with Crippen LogP contribution in [-0.2, 0) is 14.3 Å². The summed E-state index contributed by atoms with van der Waals surface area (Å²) < 4.78 is 12.8. The minimum absolute atomic E-state index is 0.216. The highest BCUT2D eigenvalue weighted by molar-refractivity contribution is 7.15. The van der Waals surface area contributed by atoms with Crippen LogP contribution in [0.5, 0.6) is 5.75 Å². The van der Waals surface area contributed by atoms with Crippen LogP contribution in [-0.4, -0.2) is 49.7 Å². The molecule has 2 aromatic heterocycles. The third kappa shape index (κ3) is 6.05. The molecular weight excluding hydrogens is 566 g/mol. The van der Waals surface area contributed by atoms with Gasteiger partial charge in [0.15, 0.2) is 12.4 Å². The Labute approximate surface area is 253 Å². The number of fused-ring (bicyclic) bond motifs is 3. The summed E-state index contributed by atoms with van der Waals surface area (Å²) in [6, 6.07) is 14.4. The van der Waals surface area contributed by atoms with E-state index in [-0.39, 0.29) is 13.0 Å². The van der Waals surface area contributed by atoms with Gasteiger partial charge in [0, 0.05) is 16.0 Å². The summed E-state index contributed by atoms with van der Waals surface area (Å²) in [5.74, 6) is -0.0134. The first-order valence-corrected chi connectivity index (χ1v) is 14.5. The third-order valence-electron chi connectivity index (χ3n) is 6.96. The average Bonchev–Trinajstić information content (AvgIpc) is 3.42. The van der Waals surface area contributed by atoms with E-state index in [2.05, 4.69) is 23.2 Å². The predicted octanol–water partition coefficient (Wildman–Crippen LogP) is 5.88. The summed E-state index contributed by atoms with van der Waals surface area (Å²) in [6.45, 7) is 11.0. The Hall–Kier alpha value is -4.82. The molecule has 3 heterocycles. The van der Waals surface area contributed by atoms with Crippen LogP contribution in [0.3, 0.4) is 0 Å². The van der Waals surface area contributed by atoms with Crippen LogP contribution in [0.4, 0.5) is 0 Å². The summed E-state index contributed by atoms with van der Waals surface area (Å²) in [5.41, 5.74) is 4.85. The van der Waals surface area contributed by atoms with Gasteiger partial charge in [0.1, 0.15) is 34.3 Å². The Kier molecular flexibility index (Phi) is 7.90. The molecule has 0 fully saturated rings. The van der Waals surface area contributed by atoms with E-state index in [9.17, 15) is 20.0 Å². The molecule has 43 heavy (non-hydrogen) atoms. The number of benzene rings is 2.